The lowest BCUT2D eigenvalue weighted by molar-refractivity contribution is -0.119. The maximum Gasteiger partial charge on any atom is 0.227 e. The van der Waals surface area contributed by atoms with Crippen LogP contribution in [0.3, 0.4) is 0 Å². The Morgan fingerprint density at radius 3 is 2.25 bits per heavy atom. The molecule has 0 aliphatic carbocycles. The lowest BCUT2D eigenvalue weighted by Gasteiger charge is -2.13. The molecule has 2 unspecified atom stereocenters. The van der Waals surface area contributed by atoms with E-state index in [9.17, 15) is 18.0 Å². The van der Waals surface area contributed by atoms with Crippen LogP contribution in [0.25, 0.3) is 0 Å². The minimum atomic E-state index is -1.55. The molecule has 1 amide bonds. The summed E-state index contributed by atoms with van der Waals surface area (Å²) in [5.41, 5.74) is 5.51. The smallest absolute Gasteiger partial charge is 0.227 e. The van der Waals surface area contributed by atoms with E-state index in [4.69, 9.17) is 5.73 Å². The summed E-state index contributed by atoms with van der Waals surface area (Å²) in [5, 5.41) is 2.37. The second-order valence-corrected chi connectivity index (χ2v) is 5.05. The number of carbonyl (C=O) groups is 1. The molecule has 0 bridgehead atoms. The Labute approximate surface area is 116 Å². The number of halogens is 3. The van der Waals surface area contributed by atoms with Gasteiger partial charge < -0.3 is 11.1 Å². The van der Waals surface area contributed by atoms with Gasteiger partial charge in [0, 0.05) is 29.8 Å². The molecule has 0 spiro atoms. The fourth-order valence-electron chi connectivity index (χ4n) is 1.77. The van der Waals surface area contributed by atoms with E-state index in [0.717, 1.165) is 25.0 Å². The van der Waals surface area contributed by atoms with E-state index in [1.807, 2.05) is 6.92 Å². The van der Waals surface area contributed by atoms with Gasteiger partial charge in [-0.15, -0.1) is 0 Å². The van der Waals surface area contributed by atoms with Gasteiger partial charge in [0.05, 0.1) is 0 Å². The number of hydrogen-bond donors (Lipinski definition) is 2. The highest BCUT2D eigenvalue weighted by Crippen LogP contribution is 2.19. The lowest BCUT2D eigenvalue weighted by Crippen LogP contribution is -2.21. The molecule has 0 saturated carbocycles. The zero-order chi connectivity index (χ0) is 15.3. The third-order valence-electron chi connectivity index (χ3n) is 3.00. The third-order valence-corrected chi connectivity index (χ3v) is 3.00. The van der Waals surface area contributed by atoms with Gasteiger partial charge in [0.25, 0.3) is 0 Å². The molecule has 1 rings (SSSR count). The van der Waals surface area contributed by atoms with Crippen LogP contribution in [0.1, 0.15) is 33.1 Å². The van der Waals surface area contributed by atoms with Gasteiger partial charge in [-0.05, 0) is 19.8 Å². The van der Waals surface area contributed by atoms with Crippen LogP contribution < -0.4 is 11.1 Å². The van der Waals surface area contributed by atoms with E-state index in [1.165, 1.54) is 0 Å². The van der Waals surface area contributed by atoms with Gasteiger partial charge in [0.2, 0.25) is 5.91 Å². The van der Waals surface area contributed by atoms with Crippen molar-refractivity contribution in [1.29, 1.82) is 0 Å². The normalized spacial score (nSPS) is 13.9. The van der Waals surface area contributed by atoms with Gasteiger partial charge in [-0.2, -0.15) is 0 Å². The summed E-state index contributed by atoms with van der Waals surface area (Å²) in [6.07, 6.45) is 2.22. The first-order valence-electron chi connectivity index (χ1n) is 6.52. The molecule has 1 aromatic rings. The fraction of sp³-hybridized carbons (Fsp3) is 0.500. The predicted octanol–water partition coefficient (Wildman–Crippen LogP) is 3.20. The van der Waals surface area contributed by atoms with Crippen molar-refractivity contribution in [2.45, 2.75) is 39.2 Å². The van der Waals surface area contributed by atoms with Crippen molar-refractivity contribution in [2.75, 3.05) is 5.32 Å². The molecular formula is C14H19F3N2O. The third kappa shape index (κ3) is 4.85. The summed E-state index contributed by atoms with van der Waals surface area (Å²) in [6.45, 7) is 3.60. The molecule has 20 heavy (non-hydrogen) atoms. The number of nitrogens with one attached hydrogen (secondary N) is 1. The minimum absolute atomic E-state index is 0.0746. The number of benzene rings is 1. The van der Waals surface area contributed by atoms with Crippen molar-refractivity contribution >= 4 is 11.6 Å². The average Bonchev–Trinajstić information content (AvgIpc) is 2.35. The molecule has 1 aromatic carbocycles. The number of carbonyl (C=O) groups excluding carboxylic acids is 1. The van der Waals surface area contributed by atoms with Crippen LogP contribution in [-0.2, 0) is 4.79 Å². The number of hydrogen-bond acceptors (Lipinski definition) is 2. The molecule has 3 N–H and O–H groups in total. The summed E-state index contributed by atoms with van der Waals surface area (Å²) >= 11 is 0. The quantitative estimate of drug-likeness (QED) is 0.790. The van der Waals surface area contributed by atoms with Crippen LogP contribution in [0, 0.1) is 23.4 Å². The van der Waals surface area contributed by atoms with Gasteiger partial charge in [-0.3, -0.25) is 4.79 Å². The molecule has 0 heterocycles. The molecule has 0 radical (unpaired) electrons. The molecule has 6 heteroatoms. The Morgan fingerprint density at radius 1 is 1.20 bits per heavy atom. The van der Waals surface area contributed by atoms with Crippen molar-refractivity contribution in [1.82, 2.24) is 0 Å². The van der Waals surface area contributed by atoms with Crippen LogP contribution >= 0.6 is 0 Å². The molecule has 3 nitrogen and oxygen atoms in total. The Hall–Kier alpha value is -1.56. The van der Waals surface area contributed by atoms with Crippen LogP contribution in [0.5, 0.6) is 0 Å². The maximum absolute atomic E-state index is 13.0. The standard InChI is InChI=1S/C14H19F3N2O/c1-8(4-3-5-9(2)18)14(20)19-10-6-11(15)13(17)12(16)7-10/h6-9H,3-5,18H2,1-2H3,(H,19,20). The molecule has 0 aliphatic rings. The zero-order valence-corrected chi connectivity index (χ0v) is 11.6. The van der Waals surface area contributed by atoms with Crippen molar-refractivity contribution in [3.05, 3.63) is 29.6 Å². The lowest BCUT2D eigenvalue weighted by atomic mass is 10.0. The van der Waals surface area contributed by atoms with Gasteiger partial charge in [-0.1, -0.05) is 13.3 Å². The molecule has 112 valence electrons. The van der Waals surface area contributed by atoms with E-state index in [-0.39, 0.29) is 23.6 Å². The molecule has 0 saturated heterocycles. The first-order valence-corrected chi connectivity index (χ1v) is 6.52. The predicted molar refractivity (Wildman–Crippen MR) is 71.6 cm³/mol. The van der Waals surface area contributed by atoms with Gasteiger partial charge in [0.15, 0.2) is 17.5 Å². The van der Waals surface area contributed by atoms with Crippen LogP contribution in [-0.4, -0.2) is 11.9 Å². The van der Waals surface area contributed by atoms with E-state index in [1.54, 1.807) is 6.92 Å². The first kappa shape index (κ1) is 16.5. The van der Waals surface area contributed by atoms with Crippen molar-refractivity contribution < 1.29 is 18.0 Å². The summed E-state index contributed by atoms with van der Waals surface area (Å²) in [7, 11) is 0. The summed E-state index contributed by atoms with van der Waals surface area (Å²) in [6, 6.07) is 1.58. The molecule has 0 aromatic heterocycles. The largest absolute Gasteiger partial charge is 0.328 e. The SMILES string of the molecule is CC(N)CCCC(C)C(=O)Nc1cc(F)c(F)c(F)c1. The van der Waals surface area contributed by atoms with E-state index >= 15 is 0 Å². The molecule has 2 atom stereocenters. The van der Waals surface area contributed by atoms with E-state index in [0.29, 0.717) is 6.42 Å². The van der Waals surface area contributed by atoms with E-state index in [2.05, 4.69) is 5.32 Å². The zero-order valence-electron chi connectivity index (χ0n) is 11.6. The fourth-order valence-corrected chi connectivity index (χ4v) is 1.77. The van der Waals surface area contributed by atoms with Crippen LogP contribution in [0.4, 0.5) is 18.9 Å². The Kier molecular flexibility index (Phi) is 6.01. The maximum atomic E-state index is 13.0. The summed E-state index contributed by atoms with van der Waals surface area (Å²) < 4.78 is 38.8. The number of anilines is 1. The van der Waals surface area contributed by atoms with Crippen molar-refractivity contribution in [3.8, 4) is 0 Å². The van der Waals surface area contributed by atoms with E-state index < -0.39 is 17.5 Å². The van der Waals surface area contributed by atoms with Crippen LogP contribution in [0.15, 0.2) is 12.1 Å². The highest BCUT2D eigenvalue weighted by Gasteiger charge is 2.16. The number of nitrogens with two attached hydrogens (primary N) is 1. The molecule has 0 aliphatic heterocycles. The highest BCUT2D eigenvalue weighted by molar-refractivity contribution is 5.92. The first-order chi connectivity index (χ1) is 9.31. The van der Waals surface area contributed by atoms with Gasteiger partial charge >= 0.3 is 0 Å². The van der Waals surface area contributed by atoms with Crippen molar-refractivity contribution in [3.63, 3.8) is 0 Å². The Balaban J connectivity index is 2.57. The second-order valence-electron chi connectivity index (χ2n) is 5.05. The summed E-state index contributed by atoms with van der Waals surface area (Å²) in [4.78, 5) is 11.8. The second kappa shape index (κ2) is 7.28. The van der Waals surface area contributed by atoms with Gasteiger partial charge in [0.1, 0.15) is 0 Å². The monoisotopic (exact) mass is 288 g/mol. The topological polar surface area (TPSA) is 55.1 Å². The summed E-state index contributed by atoms with van der Waals surface area (Å²) in [5.74, 6) is -4.88. The van der Waals surface area contributed by atoms with Crippen molar-refractivity contribution in [2.24, 2.45) is 11.7 Å². The highest BCUT2D eigenvalue weighted by atomic mass is 19.2. The van der Waals surface area contributed by atoms with Crippen LogP contribution in [0.2, 0.25) is 0 Å². The van der Waals surface area contributed by atoms with Gasteiger partial charge in [-0.25, -0.2) is 13.2 Å². The average molecular weight is 288 g/mol. The Bertz CT molecular complexity index is 454. The minimum Gasteiger partial charge on any atom is -0.328 e. The number of rotatable bonds is 6. The molecule has 0 fully saturated rings. The molecular weight excluding hydrogens is 269 g/mol. The number of amides is 1. The Morgan fingerprint density at radius 2 is 1.75 bits per heavy atom.